The number of carbonyl (C=O) groups is 1. The molecule has 0 saturated heterocycles. The molecule has 0 amide bonds. The van der Waals surface area contributed by atoms with Crippen molar-refractivity contribution < 1.29 is 9.53 Å². The number of carbonyl (C=O) groups excluding carboxylic acids is 1. The summed E-state index contributed by atoms with van der Waals surface area (Å²) >= 11 is 9.36. The molecule has 4 nitrogen and oxygen atoms in total. The minimum absolute atomic E-state index is 0.140. The fourth-order valence-electron chi connectivity index (χ4n) is 1.32. The average Bonchev–Trinajstić information content (AvgIpc) is 2.57. The Hall–Kier alpha value is -1.07. The van der Waals surface area contributed by atoms with E-state index in [4.69, 9.17) is 16.3 Å². The summed E-state index contributed by atoms with van der Waals surface area (Å²) in [4.78, 5) is 15.6. The number of hydrogen-bond acceptors (Lipinski definition) is 3. The molecule has 0 bridgehead atoms. The van der Waals surface area contributed by atoms with Crippen molar-refractivity contribution in [3.05, 3.63) is 33.6 Å². The molecule has 2 aromatic rings. The maximum atomic E-state index is 11.5. The van der Waals surface area contributed by atoms with Gasteiger partial charge in [-0.25, -0.2) is 9.78 Å². The van der Waals surface area contributed by atoms with Crippen molar-refractivity contribution >= 4 is 39.1 Å². The zero-order chi connectivity index (χ0) is 11.7. The molecule has 0 unspecified atom stereocenters. The van der Waals surface area contributed by atoms with Gasteiger partial charge in [0, 0.05) is 10.7 Å². The number of ether oxygens (including phenoxy) is 1. The summed E-state index contributed by atoms with van der Waals surface area (Å²) in [5.74, 6) is -0.507. The van der Waals surface area contributed by atoms with Crippen molar-refractivity contribution in [2.75, 3.05) is 6.61 Å². The summed E-state index contributed by atoms with van der Waals surface area (Å²) in [6.07, 6.45) is 1.74. The van der Waals surface area contributed by atoms with Gasteiger partial charge in [-0.1, -0.05) is 11.6 Å². The Kier molecular flexibility index (Phi) is 3.16. The maximum Gasteiger partial charge on any atom is 0.360 e. The molecule has 2 rings (SSSR count). The number of fused-ring (bicyclic) bond motifs is 1. The lowest BCUT2D eigenvalue weighted by Gasteiger charge is -1.97. The summed E-state index contributed by atoms with van der Waals surface area (Å²) in [6, 6.07) is 3.59. The Labute approximate surface area is 105 Å². The van der Waals surface area contributed by atoms with E-state index in [1.807, 2.05) is 6.07 Å². The smallest absolute Gasteiger partial charge is 0.360 e. The van der Waals surface area contributed by atoms with E-state index in [-0.39, 0.29) is 10.8 Å². The number of esters is 1. The van der Waals surface area contributed by atoms with E-state index in [2.05, 4.69) is 20.9 Å². The minimum atomic E-state index is -0.507. The Bertz CT molecular complexity index is 553. The van der Waals surface area contributed by atoms with Gasteiger partial charge in [-0.15, -0.1) is 0 Å². The summed E-state index contributed by atoms with van der Waals surface area (Å²) in [5, 5.41) is 0.259. The summed E-state index contributed by atoms with van der Waals surface area (Å²) in [5.41, 5.74) is 0.748. The highest BCUT2D eigenvalue weighted by atomic mass is 79.9. The van der Waals surface area contributed by atoms with E-state index >= 15 is 0 Å². The number of pyridine rings is 1. The standard InChI is InChI=1S/C10H8BrClN2O2/c1-2-16-10(15)8-9(12)14-5-6(11)3-4-7(14)13-8/h3-5H,2H2,1H3. The molecule has 0 saturated carbocycles. The first-order valence-electron chi connectivity index (χ1n) is 4.63. The monoisotopic (exact) mass is 302 g/mol. The van der Waals surface area contributed by atoms with Gasteiger partial charge in [0.05, 0.1) is 6.61 Å². The molecule has 2 heterocycles. The summed E-state index contributed by atoms with van der Waals surface area (Å²) in [7, 11) is 0. The van der Waals surface area contributed by atoms with E-state index in [0.29, 0.717) is 12.3 Å². The highest BCUT2D eigenvalue weighted by Crippen LogP contribution is 2.21. The molecular weight excluding hydrogens is 295 g/mol. The van der Waals surface area contributed by atoms with Crippen LogP contribution in [0, 0.1) is 0 Å². The molecule has 0 aliphatic carbocycles. The molecule has 0 fully saturated rings. The lowest BCUT2D eigenvalue weighted by Crippen LogP contribution is -2.05. The van der Waals surface area contributed by atoms with Crippen LogP contribution in [0.3, 0.4) is 0 Å². The molecule has 0 aliphatic rings. The lowest BCUT2D eigenvalue weighted by molar-refractivity contribution is 0.0520. The van der Waals surface area contributed by atoms with Gasteiger partial charge in [-0.05, 0) is 35.0 Å². The van der Waals surface area contributed by atoms with Gasteiger partial charge in [-0.2, -0.15) is 0 Å². The Morgan fingerprint density at radius 2 is 2.38 bits per heavy atom. The van der Waals surface area contributed by atoms with E-state index in [9.17, 15) is 4.79 Å². The quantitative estimate of drug-likeness (QED) is 0.801. The van der Waals surface area contributed by atoms with Gasteiger partial charge in [0.1, 0.15) is 10.8 Å². The molecule has 0 aromatic carbocycles. The molecule has 0 radical (unpaired) electrons. The van der Waals surface area contributed by atoms with Gasteiger partial charge in [0.2, 0.25) is 0 Å². The first-order chi connectivity index (χ1) is 7.63. The molecule has 2 aromatic heterocycles. The Balaban J connectivity index is 2.56. The van der Waals surface area contributed by atoms with Crippen LogP contribution in [0.5, 0.6) is 0 Å². The van der Waals surface area contributed by atoms with E-state index in [1.165, 1.54) is 0 Å². The van der Waals surface area contributed by atoms with Crippen LogP contribution in [0.25, 0.3) is 5.65 Å². The molecule has 84 valence electrons. The van der Waals surface area contributed by atoms with E-state index in [1.54, 1.807) is 23.6 Å². The molecule has 0 aliphatic heterocycles. The van der Waals surface area contributed by atoms with Crippen LogP contribution in [0.15, 0.2) is 22.8 Å². The van der Waals surface area contributed by atoms with Crippen LogP contribution in [0.1, 0.15) is 17.4 Å². The maximum absolute atomic E-state index is 11.5. The first kappa shape index (κ1) is 11.4. The Morgan fingerprint density at radius 1 is 1.62 bits per heavy atom. The Morgan fingerprint density at radius 3 is 3.06 bits per heavy atom. The number of rotatable bonds is 2. The van der Waals surface area contributed by atoms with Crippen molar-refractivity contribution in [3.63, 3.8) is 0 Å². The molecule has 0 atom stereocenters. The second-order valence-electron chi connectivity index (χ2n) is 3.05. The normalized spacial score (nSPS) is 10.7. The highest BCUT2D eigenvalue weighted by Gasteiger charge is 2.18. The molecule has 0 spiro atoms. The van der Waals surface area contributed by atoms with E-state index in [0.717, 1.165) is 4.47 Å². The third kappa shape index (κ3) is 1.92. The molecule has 16 heavy (non-hydrogen) atoms. The predicted octanol–water partition coefficient (Wildman–Crippen LogP) is 2.93. The zero-order valence-corrected chi connectivity index (χ0v) is 10.7. The largest absolute Gasteiger partial charge is 0.461 e. The van der Waals surface area contributed by atoms with Crippen molar-refractivity contribution in [1.29, 1.82) is 0 Å². The van der Waals surface area contributed by atoms with Crippen LogP contribution < -0.4 is 0 Å². The van der Waals surface area contributed by atoms with Gasteiger partial charge >= 0.3 is 5.97 Å². The zero-order valence-electron chi connectivity index (χ0n) is 8.41. The fourth-order valence-corrected chi connectivity index (χ4v) is 1.91. The van der Waals surface area contributed by atoms with Crippen LogP contribution in [0.2, 0.25) is 5.15 Å². The van der Waals surface area contributed by atoms with E-state index < -0.39 is 5.97 Å². The topological polar surface area (TPSA) is 43.6 Å². The third-order valence-electron chi connectivity index (χ3n) is 1.99. The van der Waals surface area contributed by atoms with Crippen LogP contribution in [-0.2, 0) is 4.74 Å². The number of halogens is 2. The highest BCUT2D eigenvalue weighted by molar-refractivity contribution is 9.10. The molecule has 0 N–H and O–H groups in total. The third-order valence-corrected chi connectivity index (χ3v) is 2.82. The lowest BCUT2D eigenvalue weighted by atomic mass is 10.5. The minimum Gasteiger partial charge on any atom is -0.461 e. The van der Waals surface area contributed by atoms with Crippen molar-refractivity contribution in [2.24, 2.45) is 0 Å². The number of imidazole rings is 1. The van der Waals surface area contributed by atoms with Crippen LogP contribution >= 0.6 is 27.5 Å². The van der Waals surface area contributed by atoms with Gasteiger partial charge in [0.25, 0.3) is 0 Å². The second-order valence-corrected chi connectivity index (χ2v) is 4.32. The number of aromatic nitrogens is 2. The second kappa shape index (κ2) is 4.43. The fraction of sp³-hybridized carbons (Fsp3) is 0.200. The van der Waals surface area contributed by atoms with Gasteiger partial charge in [0.15, 0.2) is 5.69 Å². The average molecular weight is 304 g/mol. The van der Waals surface area contributed by atoms with Crippen LogP contribution in [0.4, 0.5) is 0 Å². The summed E-state index contributed by atoms with van der Waals surface area (Å²) < 4.78 is 7.34. The van der Waals surface area contributed by atoms with Gasteiger partial charge in [-0.3, -0.25) is 4.40 Å². The van der Waals surface area contributed by atoms with Crippen LogP contribution in [-0.4, -0.2) is 22.0 Å². The van der Waals surface area contributed by atoms with Crippen molar-refractivity contribution in [2.45, 2.75) is 6.92 Å². The molecular formula is C10H8BrClN2O2. The number of nitrogens with zero attached hydrogens (tertiary/aromatic N) is 2. The van der Waals surface area contributed by atoms with Crippen molar-refractivity contribution in [1.82, 2.24) is 9.38 Å². The summed E-state index contributed by atoms with van der Waals surface area (Å²) in [6.45, 7) is 2.03. The number of hydrogen-bond donors (Lipinski definition) is 0. The van der Waals surface area contributed by atoms with Crippen molar-refractivity contribution in [3.8, 4) is 0 Å². The van der Waals surface area contributed by atoms with Gasteiger partial charge < -0.3 is 4.74 Å². The predicted molar refractivity (Wildman–Crippen MR) is 63.9 cm³/mol. The SMILES string of the molecule is CCOC(=O)c1nc2ccc(Br)cn2c1Cl. The molecule has 6 heteroatoms. The first-order valence-corrected chi connectivity index (χ1v) is 5.80.